The molecule has 9 rings (SSSR count). The number of rotatable bonds is 2. The minimum atomic E-state index is -0.148. The van der Waals surface area contributed by atoms with Gasteiger partial charge in [0.25, 0.3) is 0 Å². The lowest BCUT2D eigenvalue weighted by Crippen LogP contribution is -2.16. The van der Waals surface area contributed by atoms with E-state index >= 15 is 0 Å². The molecule has 0 amide bonds. The Morgan fingerprint density at radius 1 is 0.610 bits per heavy atom. The highest BCUT2D eigenvalue weighted by molar-refractivity contribution is 6.23. The second-order valence-electron chi connectivity index (χ2n) is 11.7. The lowest BCUT2D eigenvalue weighted by atomic mass is 9.81. The average Bonchev–Trinajstić information content (AvgIpc) is 3.67. The van der Waals surface area contributed by atoms with Crippen LogP contribution in [0.4, 0.5) is 0 Å². The van der Waals surface area contributed by atoms with Crippen molar-refractivity contribution in [2.24, 2.45) is 0 Å². The van der Waals surface area contributed by atoms with Gasteiger partial charge >= 0.3 is 0 Å². The minimum absolute atomic E-state index is 0.148. The molecule has 3 nitrogen and oxygen atoms in total. The number of aromatic nitrogens is 3. The summed E-state index contributed by atoms with van der Waals surface area (Å²) in [7, 11) is 0. The van der Waals surface area contributed by atoms with Crippen LogP contribution < -0.4 is 0 Å². The molecule has 0 aliphatic heterocycles. The topological polar surface area (TPSA) is 22.8 Å². The quantitative estimate of drug-likeness (QED) is 0.220. The zero-order valence-corrected chi connectivity index (χ0v) is 23.0. The third kappa shape index (κ3) is 2.90. The van der Waals surface area contributed by atoms with Crippen molar-refractivity contribution in [2.45, 2.75) is 19.3 Å². The van der Waals surface area contributed by atoms with Crippen LogP contribution in [0.2, 0.25) is 0 Å². The van der Waals surface area contributed by atoms with E-state index in [1.165, 1.54) is 54.8 Å². The zero-order chi connectivity index (χ0) is 27.3. The Morgan fingerprint density at radius 3 is 2.32 bits per heavy atom. The summed E-state index contributed by atoms with van der Waals surface area (Å²) in [6.07, 6.45) is 1.96. The molecule has 0 spiro atoms. The fraction of sp³-hybridized carbons (Fsp3) is 0.0789. The Hall–Kier alpha value is -5.15. The lowest BCUT2D eigenvalue weighted by molar-refractivity contribution is 0.664. The number of hydrogen-bond donors (Lipinski definition) is 0. The first kappa shape index (κ1) is 22.6. The molecule has 0 saturated carbocycles. The SMILES string of the molecule is CC1(C)c2ccccc2-c2ccc3c4c5ccccc5ccc4n(-c4cccc5c4ncn5-c4ccccc4)c3c21. The molecule has 8 aromatic rings. The summed E-state index contributed by atoms with van der Waals surface area (Å²) in [5.74, 6) is 0. The van der Waals surface area contributed by atoms with Crippen molar-refractivity contribution in [1.29, 1.82) is 0 Å². The van der Waals surface area contributed by atoms with Gasteiger partial charge in [-0.15, -0.1) is 0 Å². The van der Waals surface area contributed by atoms with Gasteiger partial charge in [-0.25, -0.2) is 4.98 Å². The van der Waals surface area contributed by atoms with Crippen LogP contribution in [-0.2, 0) is 5.41 Å². The monoisotopic (exact) mass is 525 g/mol. The molecule has 1 aliphatic carbocycles. The summed E-state index contributed by atoms with van der Waals surface area (Å²) in [6.45, 7) is 4.75. The summed E-state index contributed by atoms with van der Waals surface area (Å²) in [5.41, 5.74) is 12.1. The van der Waals surface area contributed by atoms with E-state index in [2.05, 4.69) is 144 Å². The molecule has 1 aliphatic rings. The highest BCUT2D eigenvalue weighted by atomic mass is 15.1. The number of hydrogen-bond acceptors (Lipinski definition) is 1. The van der Waals surface area contributed by atoms with E-state index in [0.29, 0.717) is 0 Å². The van der Waals surface area contributed by atoms with Crippen molar-refractivity contribution in [3.8, 4) is 22.5 Å². The first-order chi connectivity index (χ1) is 20.1. The maximum absolute atomic E-state index is 5.04. The average molecular weight is 526 g/mol. The van der Waals surface area contributed by atoms with Crippen LogP contribution in [0.3, 0.4) is 0 Å². The summed E-state index contributed by atoms with van der Waals surface area (Å²) < 4.78 is 4.68. The summed E-state index contributed by atoms with van der Waals surface area (Å²) in [5, 5.41) is 5.13. The van der Waals surface area contributed by atoms with Crippen LogP contribution in [0.5, 0.6) is 0 Å². The molecule has 0 saturated heterocycles. The van der Waals surface area contributed by atoms with Crippen molar-refractivity contribution >= 4 is 43.6 Å². The smallest absolute Gasteiger partial charge is 0.113 e. The van der Waals surface area contributed by atoms with Crippen molar-refractivity contribution in [3.63, 3.8) is 0 Å². The van der Waals surface area contributed by atoms with Gasteiger partial charge in [0.2, 0.25) is 0 Å². The fourth-order valence-corrected chi connectivity index (χ4v) is 7.38. The molecule has 0 bridgehead atoms. The van der Waals surface area contributed by atoms with E-state index in [1.54, 1.807) is 0 Å². The number of imidazole rings is 1. The molecule has 2 heterocycles. The molecule has 2 aromatic heterocycles. The van der Waals surface area contributed by atoms with E-state index in [9.17, 15) is 0 Å². The largest absolute Gasteiger partial charge is 0.307 e. The number of fused-ring (bicyclic) bond motifs is 10. The van der Waals surface area contributed by atoms with Gasteiger partial charge in [0.15, 0.2) is 0 Å². The lowest BCUT2D eigenvalue weighted by Gasteiger charge is -2.23. The predicted octanol–water partition coefficient (Wildman–Crippen LogP) is 9.58. The zero-order valence-electron chi connectivity index (χ0n) is 23.0. The Balaban J connectivity index is 1.48. The summed E-state index contributed by atoms with van der Waals surface area (Å²) in [4.78, 5) is 5.04. The number of nitrogens with zero attached hydrogens (tertiary/aromatic N) is 3. The normalized spacial score (nSPS) is 13.8. The van der Waals surface area contributed by atoms with Gasteiger partial charge < -0.3 is 4.57 Å². The highest BCUT2D eigenvalue weighted by Gasteiger charge is 2.38. The van der Waals surface area contributed by atoms with Gasteiger partial charge in [-0.05, 0) is 63.4 Å². The summed E-state index contributed by atoms with van der Waals surface area (Å²) in [6, 6.07) is 44.0. The van der Waals surface area contributed by atoms with Gasteiger partial charge in [-0.2, -0.15) is 0 Å². The van der Waals surface area contributed by atoms with E-state index in [1.807, 2.05) is 6.33 Å². The van der Waals surface area contributed by atoms with E-state index in [0.717, 1.165) is 22.4 Å². The Morgan fingerprint density at radius 2 is 1.41 bits per heavy atom. The van der Waals surface area contributed by atoms with E-state index in [4.69, 9.17) is 4.98 Å². The predicted molar refractivity (Wildman–Crippen MR) is 170 cm³/mol. The maximum Gasteiger partial charge on any atom is 0.113 e. The van der Waals surface area contributed by atoms with Gasteiger partial charge in [-0.1, -0.05) is 105 Å². The van der Waals surface area contributed by atoms with Gasteiger partial charge in [0.1, 0.15) is 11.8 Å². The van der Waals surface area contributed by atoms with Crippen LogP contribution in [-0.4, -0.2) is 14.1 Å². The van der Waals surface area contributed by atoms with Gasteiger partial charge in [0.05, 0.1) is 22.2 Å². The van der Waals surface area contributed by atoms with Crippen LogP contribution >= 0.6 is 0 Å². The molecule has 6 aromatic carbocycles. The molecule has 0 unspecified atom stereocenters. The van der Waals surface area contributed by atoms with Crippen LogP contribution in [0.15, 0.2) is 128 Å². The van der Waals surface area contributed by atoms with Crippen molar-refractivity contribution in [2.75, 3.05) is 0 Å². The van der Waals surface area contributed by atoms with Crippen LogP contribution in [0, 0.1) is 0 Å². The standard InChI is InChI=1S/C38H27N3/c1-38(2)30-16-9-8-15-27(30)28-20-21-29-34-26-14-7-6-11-24(26)19-22-31(34)41(37(29)35(28)38)33-18-10-17-32-36(33)39-23-40(32)25-12-4-3-5-13-25/h3-23H,1-2H3. The molecule has 41 heavy (non-hydrogen) atoms. The molecule has 0 fully saturated rings. The third-order valence-electron chi connectivity index (χ3n) is 9.16. The molecular weight excluding hydrogens is 498 g/mol. The summed E-state index contributed by atoms with van der Waals surface area (Å²) >= 11 is 0. The van der Waals surface area contributed by atoms with Crippen molar-refractivity contribution in [3.05, 3.63) is 139 Å². The maximum atomic E-state index is 5.04. The number of benzene rings is 6. The second kappa shape index (κ2) is 7.96. The van der Waals surface area contributed by atoms with Crippen molar-refractivity contribution in [1.82, 2.24) is 14.1 Å². The van der Waals surface area contributed by atoms with Crippen LogP contribution in [0.25, 0.3) is 66.1 Å². The first-order valence-electron chi connectivity index (χ1n) is 14.2. The van der Waals surface area contributed by atoms with E-state index in [-0.39, 0.29) is 5.41 Å². The minimum Gasteiger partial charge on any atom is -0.307 e. The Labute approximate surface area is 237 Å². The van der Waals surface area contributed by atoms with Gasteiger partial charge in [-0.3, -0.25) is 4.57 Å². The fourth-order valence-electron chi connectivity index (χ4n) is 7.38. The molecule has 0 N–H and O–H groups in total. The molecule has 0 radical (unpaired) electrons. The van der Waals surface area contributed by atoms with E-state index < -0.39 is 0 Å². The van der Waals surface area contributed by atoms with Crippen molar-refractivity contribution < 1.29 is 0 Å². The molecular formula is C38H27N3. The van der Waals surface area contributed by atoms with Crippen LogP contribution in [0.1, 0.15) is 25.0 Å². The first-order valence-corrected chi connectivity index (χ1v) is 14.2. The molecule has 3 heteroatoms. The third-order valence-corrected chi connectivity index (χ3v) is 9.16. The number of para-hydroxylation sites is 2. The Kier molecular flexibility index (Phi) is 4.39. The highest BCUT2D eigenvalue weighted by Crippen LogP contribution is 2.53. The Bertz CT molecular complexity index is 2330. The molecule has 0 atom stereocenters. The second-order valence-corrected chi connectivity index (χ2v) is 11.7. The molecule has 194 valence electrons. The van der Waals surface area contributed by atoms with Gasteiger partial charge in [0, 0.05) is 21.9 Å².